The number of rotatable bonds is 6. The summed E-state index contributed by atoms with van der Waals surface area (Å²) in [5.41, 5.74) is 0.887. The normalized spacial score (nSPS) is 21.1. The summed E-state index contributed by atoms with van der Waals surface area (Å²) in [5.74, 6) is 6.35. The van der Waals surface area contributed by atoms with Crippen molar-refractivity contribution in [2.24, 2.45) is 5.92 Å². The molecule has 1 aromatic rings. The van der Waals surface area contributed by atoms with Gasteiger partial charge >= 0.3 is 0 Å². The minimum absolute atomic E-state index is 0.0577. The Morgan fingerprint density at radius 1 is 1.25 bits per heavy atom. The van der Waals surface area contributed by atoms with Crippen molar-refractivity contribution in [2.75, 3.05) is 12.9 Å². The highest BCUT2D eigenvalue weighted by Gasteiger charge is 2.20. The van der Waals surface area contributed by atoms with Gasteiger partial charge in [-0.1, -0.05) is 17.5 Å². The quantitative estimate of drug-likeness (QED) is 0.609. The number of hydrogen-bond donors (Lipinski definition) is 1. The van der Waals surface area contributed by atoms with Gasteiger partial charge in [0.25, 0.3) is 10.1 Å². The first kappa shape index (κ1) is 19.1. The Bertz CT molecular complexity index is 675. The van der Waals surface area contributed by atoms with Gasteiger partial charge in [0, 0.05) is 19.0 Å². The predicted molar refractivity (Wildman–Crippen MR) is 92.8 cm³/mol. The highest BCUT2D eigenvalue weighted by atomic mass is 35.5. The molecule has 0 aromatic carbocycles. The third-order valence-electron chi connectivity index (χ3n) is 3.97. The van der Waals surface area contributed by atoms with Gasteiger partial charge in [0.2, 0.25) is 0 Å². The fraction of sp³-hybridized carbons (Fsp3) is 0.625. The molecule has 0 saturated heterocycles. The highest BCUT2D eigenvalue weighted by molar-refractivity contribution is 7.86. The Balaban J connectivity index is 1.63. The molecule has 1 aliphatic carbocycles. The van der Waals surface area contributed by atoms with E-state index in [0.717, 1.165) is 44.1 Å². The van der Waals surface area contributed by atoms with Gasteiger partial charge in [-0.15, -0.1) is 11.0 Å². The third kappa shape index (κ3) is 7.58. The number of aromatic nitrogens is 2. The summed E-state index contributed by atoms with van der Waals surface area (Å²) in [6.07, 6.45) is 6.26. The number of nitrogens with zero attached hydrogens (tertiary/aromatic N) is 2. The predicted octanol–water partition coefficient (Wildman–Crippen LogP) is 2.15. The SMILES string of the molecule is CS(=O)(=O)OCC#CCC1CCC(NCc2ccc(Cl)nn2)CC1. The van der Waals surface area contributed by atoms with Crippen LogP contribution in [0, 0.1) is 17.8 Å². The molecular formula is C16H22ClN3O3S. The van der Waals surface area contributed by atoms with Gasteiger partial charge in [0.15, 0.2) is 5.15 Å². The van der Waals surface area contributed by atoms with Crippen LogP contribution in [0.4, 0.5) is 0 Å². The van der Waals surface area contributed by atoms with Gasteiger partial charge in [-0.2, -0.15) is 13.5 Å². The fourth-order valence-corrected chi connectivity index (χ4v) is 3.04. The van der Waals surface area contributed by atoms with E-state index in [9.17, 15) is 8.42 Å². The van der Waals surface area contributed by atoms with E-state index in [0.29, 0.717) is 23.7 Å². The maximum atomic E-state index is 10.8. The van der Waals surface area contributed by atoms with Crippen molar-refractivity contribution in [2.45, 2.75) is 44.7 Å². The highest BCUT2D eigenvalue weighted by Crippen LogP contribution is 2.26. The zero-order valence-electron chi connectivity index (χ0n) is 13.7. The van der Waals surface area contributed by atoms with Crippen molar-refractivity contribution in [1.82, 2.24) is 15.5 Å². The van der Waals surface area contributed by atoms with Crippen LogP contribution in [0.15, 0.2) is 12.1 Å². The van der Waals surface area contributed by atoms with Gasteiger partial charge in [-0.3, -0.25) is 4.18 Å². The molecule has 0 spiro atoms. The Morgan fingerprint density at radius 2 is 2.00 bits per heavy atom. The lowest BCUT2D eigenvalue weighted by Gasteiger charge is -2.28. The van der Waals surface area contributed by atoms with Crippen LogP contribution >= 0.6 is 11.6 Å². The van der Waals surface area contributed by atoms with Crippen molar-refractivity contribution in [3.8, 4) is 11.8 Å². The van der Waals surface area contributed by atoms with E-state index >= 15 is 0 Å². The van der Waals surface area contributed by atoms with Crippen molar-refractivity contribution in [3.05, 3.63) is 23.0 Å². The molecule has 0 bridgehead atoms. The van der Waals surface area contributed by atoms with Crippen molar-refractivity contribution in [3.63, 3.8) is 0 Å². The minimum Gasteiger partial charge on any atom is -0.308 e. The lowest BCUT2D eigenvalue weighted by atomic mass is 9.84. The van der Waals surface area contributed by atoms with E-state index in [1.807, 2.05) is 6.07 Å². The van der Waals surface area contributed by atoms with E-state index in [4.69, 9.17) is 11.6 Å². The molecule has 0 amide bonds. The summed E-state index contributed by atoms with van der Waals surface area (Å²) in [4.78, 5) is 0. The topological polar surface area (TPSA) is 81.2 Å². The second-order valence-corrected chi connectivity index (χ2v) is 8.00. The molecule has 1 N–H and O–H groups in total. The molecule has 24 heavy (non-hydrogen) atoms. The number of nitrogens with one attached hydrogen (secondary N) is 1. The van der Waals surface area contributed by atoms with Gasteiger partial charge in [0.05, 0.1) is 11.9 Å². The minimum atomic E-state index is -3.40. The Morgan fingerprint density at radius 3 is 2.62 bits per heavy atom. The average molecular weight is 372 g/mol. The zero-order chi connectivity index (χ0) is 17.4. The van der Waals surface area contributed by atoms with Gasteiger partial charge in [0.1, 0.15) is 6.61 Å². The van der Waals surface area contributed by atoms with Crippen LogP contribution < -0.4 is 5.32 Å². The molecule has 1 fully saturated rings. The lowest BCUT2D eigenvalue weighted by molar-refractivity contribution is 0.293. The first-order chi connectivity index (χ1) is 11.4. The summed E-state index contributed by atoms with van der Waals surface area (Å²) in [7, 11) is -3.40. The van der Waals surface area contributed by atoms with Crippen LogP contribution in [-0.4, -0.2) is 37.5 Å². The van der Waals surface area contributed by atoms with Gasteiger partial charge in [-0.25, -0.2) is 0 Å². The Kier molecular flexibility index (Phi) is 7.43. The lowest BCUT2D eigenvalue weighted by Crippen LogP contribution is -2.33. The van der Waals surface area contributed by atoms with E-state index in [-0.39, 0.29) is 6.61 Å². The molecule has 1 aliphatic rings. The Labute approximate surface area is 148 Å². The molecule has 0 radical (unpaired) electrons. The van der Waals surface area contributed by atoms with Crippen LogP contribution in [-0.2, 0) is 20.8 Å². The van der Waals surface area contributed by atoms with Crippen molar-refractivity contribution < 1.29 is 12.6 Å². The molecule has 0 atom stereocenters. The van der Waals surface area contributed by atoms with E-state index in [2.05, 4.69) is 31.5 Å². The second-order valence-electron chi connectivity index (χ2n) is 5.97. The summed E-state index contributed by atoms with van der Waals surface area (Å²) >= 11 is 5.72. The van der Waals surface area contributed by atoms with Crippen LogP contribution in [0.3, 0.4) is 0 Å². The second kappa shape index (κ2) is 9.33. The molecule has 0 aliphatic heterocycles. The monoisotopic (exact) mass is 371 g/mol. The smallest absolute Gasteiger partial charge is 0.265 e. The standard InChI is InChI=1S/C16H22ClN3O3S/c1-24(21,22)23-11-3-2-4-13-5-7-14(8-6-13)18-12-15-9-10-16(17)20-19-15/h9-10,13-14,18H,4-8,11-12H2,1H3. The number of hydrogen-bond acceptors (Lipinski definition) is 6. The molecule has 132 valence electrons. The van der Waals surface area contributed by atoms with Gasteiger partial charge < -0.3 is 5.32 Å². The van der Waals surface area contributed by atoms with Crippen LogP contribution in [0.25, 0.3) is 0 Å². The van der Waals surface area contributed by atoms with E-state index in [1.165, 1.54) is 0 Å². The summed E-state index contributed by atoms with van der Waals surface area (Å²) in [5, 5.41) is 11.8. The Hall–Kier alpha value is -1.20. The summed E-state index contributed by atoms with van der Waals surface area (Å²) in [6, 6.07) is 4.11. The van der Waals surface area contributed by atoms with Crippen LogP contribution in [0.5, 0.6) is 0 Å². The van der Waals surface area contributed by atoms with E-state index in [1.54, 1.807) is 6.07 Å². The number of halogens is 1. The molecule has 6 nitrogen and oxygen atoms in total. The first-order valence-corrected chi connectivity index (χ1v) is 10.1. The molecule has 1 saturated carbocycles. The third-order valence-corrected chi connectivity index (χ3v) is 4.71. The molecule has 0 unspecified atom stereocenters. The molecule has 1 aromatic heterocycles. The molecular weight excluding hydrogens is 350 g/mol. The summed E-state index contributed by atoms with van der Waals surface area (Å²) in [6.45, 7) is 0.639. The zero-order valence-corrected chi connectivity index (χ0v) is 15.2. The first-order valence-electron chi connectivity index (χ1n) is 7.94. The van der Waals surface area contributed by atoms with Crippen molar-refractivity contribution >= 4 is 21.7 Å². The fourth-order valence-electron chi connectivity index (χ4n) is 2.66. The van der Waals surface area contributed by atoms with Crippen LogP contribution in [0.1, 0.15) is 37.8 Å². The van der Waals surface area contributed by atoms with Crippen LogP contribution in [0.2, 0.25) is 5.15 Å². The maximum Gasteiger partial charge on any atom is 0.265 e. The molecule has 2 rings (SSSR count). The van der Waals surface area contributed by atoms with Crippen molar-refractivity contribution in [1.29, 1.82) is 0 Å². The maximum absolute atomic E-state index is 10.8. The van der Waals surface area contributed by atoms with E-state index < -0.39 is 10.1 Å². The average Bonchev–Trinajstić information content (AvgIpc) is 2.54. The largest absolute Gasteiger partial charge is 0.308 e. The molecule has 8 heteroatoms. The van der Waals surface area contributed by atoms with Gasteiger partial charge in [-0.05, 0) is 43.7 Å². The molecule has 1 heterocycles. The summed E-state index contributed by atoms with van der Waals surface area (Å²) < 4.78 is 26.2.